The van der Waals surface area contributed by atoms with Gasteiger partial charge < -0.3 is 39.3 Å². The number of aromatic carboxylic acids is 1. The molecular formula is C67H89N7O8S2. The van der Waals surface area contributed by atoms with Crippen molar-refractivity contribution in [3.63, 3.8) is 0 Å². The van der Waals surface area contributed by atoms with Crippen LogP contribution in [0.2, 0.25) is 0 Å². The molecule has 2 N–H and O–H groups in total. The molecule has 3 aliphatic heterocycles. The number of anilines is 3. The van der Waals surface area contributed by atoms with E-state index in [-0.39, 0.29) is 63.6 Å². The van der Waals surface area contributed by atoms with E-state index in [0.29, 0.717) is 65.8 Å². The van der Waals surface area contributed by atoms with E-state index in [1.165, 1.54) is 24.6 Å². The highest BCUT2D eigenvalue weighted by molar-refractivity contribution is 8.05. The van der Waals surface area contributed by atoms with Gasteiger partial charge in [-0.3, -0.25) is 19.4 Å². The second-order valence-corrected chi connectivity index (χ2v) is 29.4. The minimum absolute atomic E-state index is 0.0245. The zero-order chi connectivity index (χ0) is 59.3. The number of ether oxygens (including phenoxy) is 2. The summed E-state index contributed by atoms with van der Waals surface area (Å²) in [4.78, 5) is 79.6. The van der Waals surface area contributed by atoms with Gasteiger partial charge in [-0.25, -0.2) is 4.79 Å². The second kappa shape index (κ2) is 26.9. The van der Waals surface area contributed by atoms with E-state index in [1.807, 2.05) is 54.8 Å². The van der Waals surface area contributed by atoms with Crippen LogP contribution in [0.15, 0.2) is 47.6 Å². The van der Waals surface area contributed by atoms with Crippen LogP contribution < -0.4 is 24.2 Å². The van der Waals surface area contributed by atoms with Crippen LogP contribution in [0.25, 0.3) is 0 Å². The topological polar surface area (TPSA) is 179 Å². The third kappa shape index (κ3) is 15.4. The molecule has 3 unspecified atom stereocenters. The molecule has 0 radical (unpaired) electrons. The Morgan fingerprint density at radius 1 is 0.690 bits per heavy atom. The number of carbonyl (C=O) groups excluding carboxylic acids is 2. The number of hydrogen-bond acceptors (Lipinski definition) is 13. The predicted molar refractivity (Wildman–Crippen MR) is 333 cm³/mol. The summed E-state index contributed by atoms with van der Waals surface area (Å²) in [6, 6.07) is 6.97. The second-order valence-electron chi connectivity index (χ2n) is 27.2. The summed E-state index contributed by atoms with van der Waals surface area (Å²) in [5.74, 6) is 15.7. The Labute approximate surface area is 506 Å². The van der Waals surface area contributed by atoms with Crippen LogP contribution in [-0.4, -0.2) is 116 Å². The first-order valence-corrected chi connectivity index (χ1v) is 33.2. The smallest absolute Gasteiger partial charge is 0.348 e. The van der Waals surface area contributed by atoms with Crippen molar-refractivity contribution < 1.29 is 38.9 Å². The number of aliphatic carboxylic acids is 1. The van der Waals surface area contributed by atoms with E-state index in [0.717, 1.165) is 144 Å². The number of aromatic nitrogens is 3. The highest BCUT2D eigenvalue weighted by atomic mass is 32.2. The number of thioether (sulfide) groups is 1. The van der Waals surface area contributed by atoms with E-state index >= 15 is 0 Å². The monoisotopic (exact) mass is 1180 g/mol. The van der Waals surface area contributed by atoms with Crippen LogP contribution in [0.1, 0.15) is 191 Å². The molecule has 7 aliphatic rings. The first-order chi connectivity index (χ1) is 40.2. The van der Waals surface area contributed by atoms with Crippen molar-refractivity contribution >= 4 is 64.2 Å². The Morgan fingerprint density at radius 2 is 1.31 bits per heavy atom. The van der Waals surface area contributed by atoms with Gasteiger partial charge in [0.15, 0.2) is 5.82 Å². The number of carboxylic acid groups (broad SMARTS) is 2. The zero-order valence-electron chi connectivity index (χ0n) is 50.7. The average Bonchev–Trinajstić information content (AvgIpc) is 3.76. The fraction of sp³-hybridized carbons (Fsp3) is 0.657. The highest BCUT2D eigenvalue weighted by Gasteiger charge is 2.46. The average molecular weight is 1180 g/mol. The third-order valence-electron chi connectivity index (χ3n) is 18.7. The Morgan fingerprint density at radius 3 is 1.94 bits per heavy atom. The van der Waals surface area contributed by atoms with Gasteiger partial charge in [0.1, 0.15) is 28.2 Å². The first-order valence-electron chi connectivity index (χ1n) is 31.5. The molecule has 84 heavy (non-hydrogen) atoms. The van der Waals surface area contributed by atoms with Gasteiger partial charge in [0.2, 0.25) is 23.6 Å². The summed E-state index contributed by atoms with van der Waals surface area (Å²) in [5, 5.41) is 20.4. The van der Waals surface area contributed by atoms with E-state index in [4.69, 9.17) is 19.4 Å². The van der Waals surface area contributed by atoms with Crippen LogP contribution in [0.5, 0.6) is 11.8 Å². The number of allylic oxidation sites excluding steroid dienone is 1. The predicted octanol–water partition coefficient (Wildman–Crippen LogP) is 12.9. The molecule has 2 saturated heterocycles. The largest absolute Gasteiger partial charge is 0.480 e. The summed E-state index contributed by atoms with van der Waals surface area (Å²) in [6.45, 7) is 18.5. The fourth-order valence-corrected chi connectivity index (χ4v) is 15.9. The zero-order valence-corrected chi connectivity index (χ0v) is 52.3. The van der Waals surface area contributed by atoms with Gasteiger partial charge in [-0.05, 0) is 199 Å². The molecule has 3 atom stereocenters. The fourth-order valence-electron chi connectivity index (χ4n) is 14.0. The number of pyridine rings is 1. The molecule has 3 aromatic heterocycles. The standard InChI is InChI=1S/C67H89N7O8S2/c1-43-13-17-46(18-14-43)62(75)73(54-37-52(29-32-66(3,4)5)83-60(54)64(77)78)49-23-27-51(28-24-49)82-59-41-68-40-57(70-59)72-36-31-45(42-72)39-67(6,7)33-30-53-38-55(61(84-53)65(79)80)74(63(76)47-19-15-44(2)16-20-47)48-21-25-50(26-22-48)81-58-12-10-11-56(69-58)71-34-8-9-35-71/h10-12,37-38,40-41,43-51,55,61H,8-9,13-28,31,34-36,39,42H2,1-7H3,(H,77,78)(H,79,80). The van der Waals surface area contributed by atoms with Crippen molar-refractivity contribution in [2.24, 2.45) is 40.4 Å². The lowest BCUT2D eigenvalue weighted by Gasteiger charge is -2.43. The Kier molecular flexibility index (Phi) is 19.6. The van der Waals surface area contributed by atoms with Crippen molar-refractivity contribution in [2.75, 3.05) is 40.9 Å². The molecule has 4 saturated carbocycles. The number of amides is 2. The lowest BCUT2D eigenvalue weighted by molar-refractivity contribution is -0.144. The molecule has 4 aliphatic carbocycles. The van der Waals surface area contributed by atoms with Gasteiger partial charge in [-0.2, -0.15) is 9.97 Å². The number of carboxylic acids is 2. The third-order valence-corrected chi connectivity index (χ3v) is 20.9. The van der Waals surface area contributed by atoms with Gasteiger partial charge in [0.05, 0.1) is 33.9 Å². The molecule has 3 aromatic rings. The van der Waals surface area contributed by atoms with E-state index in [2.05, 4.69) is 72.2 Å². The van der Waals surface area contributed by atoms with Gasteiger partial charge in [-0.15, -0.1) is 11.3 Å². The van der Waals surface area contributed by atoms with Crippen molar-refractivity contribution in [2.45, 2.75) is 212 Å². The number of carbonyl (C=O) groups is 4. The molecule has 15 nitrogen and oxygen atoms in total. The van der Waals surface area contributed by atoms with E-state index < -0.39 is 23.2 Å². The van der Waals surface area contributed by atoms with Crippen LogP contribution >= 0.6 is 23.1 Å². The molecule has 452 valence electrons. The Hall–Kier alpha value is -5.78. The Bertz CT molecular complexity index is 2990. The summed E-state index contributed by atoms with van der Waals surface area (Å²) in [7, 11) is 0. The van der Waals surface area contributed by atoms with E-state index in [1.54, 1.807) is 12.4 Å². The summed E-state index contributed by atoms with van der Waals surface area (Å²) in [6.07, 6.45) is 22.4. The molecule has 6 fully saturated rings. The summed E-state index contributed by atoms with van der Waals surface area (Å²) < 4.78 is 13.1. The number of thiophene rings is 1. The number of hydrogen-bond donors (Lipinski definition) is 2. The SMILES string of the molecule is CC1CCC(C(=O)N(c2cc(C#CC(C)(C)C)sc2C(=O)O)C2CCC(Oc3cncc(N4CCC(CC(C)(C)C#CC5=CC(N(C(=O)C6CCC(C)CC6)C6CCC(Oc7cccc(N8CCCC8)n7)CC6)C(C(=O)O)S5)C4)n3)CC2)CC1. The van der Waals surface area contributed by atoms with Crippen molar-refractivity contribution in [1.82, 2.24) is 19.9 Å². The van der Waals surface area contributed by atoms with Crippen molar-refractivity contribution in [3.8, 4) is 35.4 Å². The minimum atomic E-state index is -1.04. The lowest BCUT2D eigenvalue weighted by atomic mass is 9.81. The highest BCUT2D eigenvalue weighted by Crippen LogP contribution is 2.43. The molecule has 2 amide bonds. The van der Waals surface area contributed by atoms with Gasteiger partial charge in [0, 0.05) is 67.0 Å². The van der Waals surface area contributed by atoms with Crippen LogP contribution in [-0.2, 0) is 14.4 Å². The van der Waals surface area contributed by atoms with Crippen LogP contribution in [0, 0.1) is 64.1 Å². The minimum Gasteiger partial charge on any atom is -0.480 e. The Balaban J connectivity index is 0.761. The summed E-state index contributed by atoms with van der Waals surface area (Å²) >= 11 is 2.44. The molecule has 10 rings (SSSR count). The number of rotatable bonds is 16. The molecule has 0 aromatic carbocycles. The van der Waals surface area contributed by atoms with Gasteiger partial charge in [0.25, 0.3) is 0 Å². The maximum atomic E-state index is 14.8. The normalized spacial score (nSPS) is 28.3. The summed E-state index contributed by atoms with van der Waals surface area (Å²) in [5.41, 5.74) is -0.166. The molecule has 0 bridgehead atoms. The molecule has 17 heteroatoms. The van der Waals surface area contributed by atoms with Gasteiger partial charge >= 0.3 is 11.9 Å². The molecule has 0 spiro atoms. The molecule has 6 heterocycles. The first kappa shape index (κ1) is 61.3. The van der Waals surface area contributed by atoms with E-state index in [9.17, 15) is 29.4 Å². The van der Waals surface area contributed by atoms with Gasteiger partial charge in [-0.1, -0.05) is 55.4 Å². The van der Waals surface area contributed by atoms with Crippen molar-refractivity contribution in [1.29, 1.82) is 0 Å². The quantitative estimate of drug-likeness (QED) is 0.129. The maximum Gasteiger partial charge on any atom is 0.348 e. The lowest BCUT2D eigenvalue weighted by Crippen LogP contribution is -2.54. The van der Waals surface area contributed by atoms with Crippen LogP contribution in [0.3, 0.4) is 0 Å². The molecular weight excluding hydrogens is 1090 g/mol. The number of nitrogens with zero attached hydrogens (tertiary/aromatic N) is 7. The van der Waals surface area contributed by atoms with Crippen LogP contribution in [0.4, 0.5) is 17.3 Å². The van der Waals surface area contributed by atoms with Crippen molar-refractivity contribution in [3.05, 3.63) is 57.4 Å². The maximum absolute atomic E-state index is 14.8.